The zero-order valence-corrected chi connectivity index (χ0v) is 20.4. The maximum atomic E-state index is 13.4. The summed E-state index contributed by atoms with van der Waals surface area (Å²) in [6.45, 7) is 9.41. The first kappa shape index (κ1) is 22.8. The molecule has 0 radical (unpaired) electrons. The molecule has 1 saturated heterocycles. The molecule has 0 unspecified atom stereocenters. The summed E-state index contributed by atoms with van der Waals surface area (Å²) in [5, 5.41) is 5.83. The first-order valence-corrected chi connectivity index (χ1v) is 12.9. The fraction of sp³-hybridized carbons (Fsp3) is 0.455. The lowest BCUT2D eigenvalue weighted by atomic mass is 10.2. The summed E-state index contributed by atoms with van der Waals surface area (Å²) in [6.07, 6.45) is 0.572. The van der Waals surface area contributed by atoms with Crippen LogP contribution in [0.15, 0.2) is 33.0 Å². The number of aromatic nitrogens is 2. The topological polar surface area (TPSA) is 88.7 Å². The molecule has 0 atom stereocenters. The number of nitrogens with zero attached hydrogens (tertiary/aromatic N) is 4. The molecule has 3 aromatic heterocycles. The van der Waals surface area contributed by atoms with E-state index in [0.717, 1.165) is 17.9 Å². The number of hydrogen-bond acceptors (Lipinski definition) is 6. The Labute approximate surface area is 192 Å². The van der Waals surface area contributed by atoms with Gasteiger partial charge in [0, 0.05) is 42.4 Å². The number of thiophene rings is 1. The summed E-state index contributed by atoms with van der Waals surface area (Å²) in [7, 11) is -3.72. The Kier molecular flexibility index (Phi) is 6.28. The Balaban J connectivity index is 1.51. The van der Waals surface area contributed by atoms with Gasteiger partial charge in [0.25, 0.3) is 5.91 Å². The van der Waals surface area contributed by atoms with Gasteiger partial charge in [-0.1, -0.05) is 11.2 Å². The highest BCUT2D eigenvalue weighted by atomic mass is 32.2. The van der Waals surface area contributed by atoms with Gasteiger partial charge in [0.2, 0.25) is 10.0 Å². The van der Waals surface area contributed by atoms with Crippen LogP contribution >= 0.6 is 11.3 Å². The highest BCUT2D eigenvalue weighted by Crippen LogP contribution is 2.25. The van der Waals surface area contributed by atoms with Crippen LogP contribution in [0.5, 0.6) is 0 Å². The smallest absolute Gasteiger partial charge is 0.255 e. The van der Waals surface area contributed by atoms with Gasteiger partial charge in [-0.2, -0.15) is 4.31 Å². The standard InChI is InChI=1S/C22H28N4O4S2/c1-15-13-20(17(3)26(15)14-19-7-5-12-31-19)22(27)24-8-6-9-25(11-10-24)32(28,29)21-16(2)23-30-18(21)4/h5,7,12-13H,6,8-11,14H2,1-4H3. The third-order valence-electron chi connectivity index (χ3n) is 6.01. The van der Waals surface area contributed by atoms with Gasteiger partial charge in [-0.3, -0.25) is 4.79 Å². The minimum absolute atomic E-state index is 0.0490. The van der Waals surface area contributed by atoms with E-state index >= 15 is 0 Å². The van der Waals surface area contributed by atoms with Crippen LogP contribution in [0.2, 0.25) is 0 Å². The molecule has 0 spiro atoms. The van der Waals surface area contributed by atoms with Crippen LogP contribution in [0, 0.1) is 27.7 Å². The molecule has 1 fully saturated rings. The van der Waals surface area contributed by atoms with Crippen molar-refractivity contribution in [2.45, 2.75) is 45.6 Å². The summed E-state index contributed by atoms with van der Waals surface area (Å²) in [5.41, 5.74) is 3.01. The second-order valence-corrected chi connectivity index (χ2v) is 11.1. The van der Waals surface area contributed by atoms with Crippen LogP contribution < -0.4 is 0 Å². The Hall–Kier alpha value is -2.43. The summed E-state index contributed by atoms with van der Waals surface area (Å²) >= 11 is 1.70. The van der Waals surface area contributed by atoms with Crippen molar-refractivity contribution in [3.05, 3.63) is 56.9 Å². The maximum Gasteiger partial charge on any atom is 0.255 e. The van der Waals surface area contributed by atoms with Crippen molar-refractivity contribution in [3.8, 4) is 0 Å². The molecule has 10 heteroatoms. The molecule has 32 heavy (non-hydrogen) atoms. The number of amides is 1. The lowest BCUT2D eigenvalue weighted by Gasteiger charge is -2.22. The van der Waals surface area contributed by atoms with Gasteiger partial charge in [0.05, 0.1) is 12.1 Å². The molecular weight excluding hydrogens is 448 g/mol. The third kappa shape index (κ3) is 4.14. The highest BCUT2D eigenvalue weighted by Gasteiger charge is 2.33. The number of aryl methyl sites for hydroxylation is 3. The molecule has 3 aromatic rings. The van der Waals surface area contributed by atoms with Crippen molar-refractivity contribution in [3.63, 3.8) is 0 Å². The molecule has 4 rings (SSSR count). The fourth-order valence-electron chi connectivity index (χ4n) is 4.30. The van der Waals surface area contributed by atoms with Crippen LogP contribution in [-0.4, -0.2) is 59.4 Å². The van der Waals surface area contributed by atoms with E-state index in [-0.39, 0.29) is 23.1 Å². The largest absolute Gasteiger partial charge is 0.360 e. The summed E-state index contributed by atoms with van der Waals surface area (Å²) in [4.78, 5) is 16.5. The van der Waals surface area contributed by atoms with Crippen molar-refractivity contribution in [1.29, 1.82) is 0 Å². The van der Waals surface area contributed by atoms with E-state index in [1.807, 2.05) is 26.0 Å². The van der Waals surface area contributed by atoms with E-state index in [2.05, 4.69) is 21.2 Å². The van der Waals surface area contributed by atoms with E-state index in [4.69, 9.17) is 4.52 Å². The van der Waals surface area contributed by atoms with Crippen LogP contribution in [-0.2, 0) is 16.6 Å². The molecule has 0 N–H and O–H groups in total. The second-order valence-electron chi connectivity index (χ2n) is 8.15. The van der Waals surface area contributed by atoms with Crippen LogP contribution in [0.4, 0.5) is 0 Å². The Bertz CT molecular complexity index is 1210. The van der Waals surface area contributed by atoms with Gasteiger partial charge in [0.1, 0.15) is 10.6 Å². The zero-order chi connectivity index (χ0) is 23.0. The summed E-state index contributed by atoms with van der Waals surface area (Å²) < 4.78 is 35.0. The number of sulfonamides is 1. The molecule has 172 valence electrons. The lowest BCUT2D eigenvalue weighted by molar-refractivity contribution is 0.0763. The first-order chi connectivity index (χ1) is 15.2. The SMILES string of the molecule is Cc1noc(C)c1S(=O)(=O)N1CCCN(C(=O)c2cc(C)n(Cc3cccs3)c2C)CC1. The third-order valence-corrected chi connectivity index (χ3v) is 9.01. The first-order valence-electron chi connectivity index (χ1n) is 10.6. The van der Waals surface area contributed by atoms with Crippen molar-refractivity contribution < 1.29 is 17.7 Å². The quantitative estimate of drug-likeness (QED) is 0.563. The van der Waals surface area contributed by atoms with Crippen molar-refractivity contribution >= 4 is 27.3 Å². The average Bonchev–Trinajstić information content (AvgIpc) is 3.38. The molecule has 1 aliphatic rings. The van der Waals surface area contributed by atoms with Gasteiger partial charge >= 0.3 is 0 Å². The minimum Gasteiger partial charge on any atom is -0.360 e. The molecule has 0 saturated carbocycles. The van der Waals surface area contributed by atoms with E-state index < -0.39 is 10.0 Å². The number of carbonyl (C=O) groups is 1. The molecule has 0 aliphatic carbocycles. The lowest BCUT2D eigenvalue weighted by Crippen LogP contribution is -2.37. The van der Waals surface area contributed by atoms with Crippen LogP contribution in [0.3, 0.4) is 0 Å². The number of rotatable bonds is 5. The normalized spacial score (nSPS) is 15.8. The molecular formula is C22H28N4O4S2. The number of hydrogen-bond donors (Lipinski definition) is 0. The Morgan fingerprint density at radius 3 is 2.59 bits per heavy atom. The number of carbonyl (C=O) groups excluding carboxylic acids is 1. The fourth-order valence-corrected chi connectivity index (χ4v) is 6.75. The molecule has 8 nitrogen and oxygen atoms in total. The Morgan fingerprint density at radius 2 is 1.94 bits per heavy atom. The molecule has 0 aromatic carbocycles. The van der Waals surface area contributed by atoms with Crippen molar-refractivity contribution in [2.24, 2.45) is 0 Å². The summed E-state index contributed by atoms with van der Waals surface area (Å²) in [5.74, 6) is 0.241. The maximum absolute atomic E-state index is 13.4. The monoisotopic (exact) mass is 476 g/mol. The summed E-state index contributed by atoms with van der Waals surface area (Å²) in [6, 6.07) is 6.06. The van der Waals surface area contributed by atoms with Gasteiger partial charge in [-0.05, 0) is 51.6 Å². The second kappa shape index (κ2) is 8.84. The van der Waals surface area contributed by atoms with Gasteiger partial charge in [-0.15, -0.1) is 11.3 Å². The van der Waals surface area contributed by atoms with Crippen LogP contribution in [0.25, 0.3) is 0 Å². The predicted molar refractivity (Wildman–Crippen MR) is 123 cm³/mol. The molecule has 1 amide bonds. The van der Waals surface area contributed by atoms with Gasteiger partial charge in [0.15, 0.2) is 5.76 Å². The van der Waals surface area contributed by atoms with Gasteiger partial charge < -0.3 is 14.0 Å². The van der Waals surface area contributed by atoms with E-state index in [1.54, 1.807) is 30.1 Å². The average molecular weight is 477 g/mol. The van der Waals surface area contributed by atoms with Crippen LogP contribution in [0.1, 0.15) is 44.5 Å². The minimum atomic E-state index is -3.72. The van der Waals surface area contributed by atoms with Crippen molar-refractivity contribution in [1.82, 2.24) is 18.9 Å². The van der Waals surface area contributed by atoms with Crippen molar-refractivity contribution in [2.75, 3.05) is 26.2 Å². The molecule has 4 heterocycles. The molecule has 0 bridgehead atoms. The molecule has 1 aliphatic heterocycles. The highest BCUT2D eigenvalue weighted by molar-refractivity contribution is 7.89. The predicted octanol–water partition coefficient (Wildman–Crippen LogP) is 3.36. The van der Waals surface area contributed by atoms with E-state index in [1.165, 1.54) is 9.18 Å². The van der Waals surface area contributed by atoms with E-state index in [0.29, 0.717) is 37.3 Å². The zero-order valence-electron chi connectivity index (χ0n) is 18.8. The van der Waals surface area contributed by atoms with Gasteiger partial charge in [-0.25, -0.2) is 8.42 Å². The Morgan fingerprint density at radius 1 is 1.16 bits per heavy atom. The van der Waals surface area contributed by atoms with E-state index in [9.17, 15) is 13.2 Å².